The number of amides is 2. The molecule has 0 saturated carbocycles. The average Bonchev–Trinajstić information content (AvgIpc) is 3.16. The summed E-state index contributed by atoms with van der Waals surface area (Å²) >= 11 is 0. The molecule has 124 valence electrons. The molecular weight excluding hydrogens is 310 g/mol. The van der Waals surface area contributed by atoms with Crippen molar-refractivity contribution >= 4 is 22.7 Å². The van der Waals surface area contributed by atoms with Crippen molar-refractivity contribution in [1.29, 1.82) is 0 Å². The molecule has 2 aliphatic rings. The molecule has 2 amide bonds. The van der Waals surface area contributed by atoms with Crippen molar-refractivity contribution in [3.63, 3.8) is 0 Å². The van der Waals surface area contributed by atoms with E-state index in [9.17, 15) is 9.59 Å². The Morgan fingerprint density at radius 3 is 2.96 bits per heavy atom. The first-order valence-corrected chi connectivity index (χ1v) is 7.97. The van der Waals surface area contributed by atoms with Gasteiger partial charge < -0.3 is 9.47 Å². The lowest BCUT2D eigenvalue weighted by Gasteiger charge is -2.25. The van der Waals surface area contributed by atoms with Gasteiger partial charge >= 0.3 is 0 Å². The lowest BCUT2D eigenvalue weighted by molar-refractivity contribution is -0.139. The number of aromatic amines is 1. The standard InChI is InChI=1S/C17H17N3O4/c21-16-8-15(17(22)20(16)10-11-3-5-23-6-4-11)24-13-2-1-12-9-18-19-14(12)7-13/h1-2,7-9,11H,3-6,10H2,(H,18,19). The minimum atomic E-state index is -0.379. The van der Waals surface area contributed by atoms with Gasteiger partial charge in [-0.1, -0.05) is 0 Å². The van der Waals surface area contributed by atoms with Crippen molar-refractivity contribution in [2.75, 3.05) is 19.8 Å². The van der Waals surface area contributed by atoms with Crippen LogP contribution in [0.4, 0.5) is 0 Å². The Morgan fingerprint density at radius 1 is 1.29 bits per heavy atom. The van der Waals surface area contributed by atoms with Gasteiger partial charge in [0.15, 0.2) is 5.76 Å². The highest BCUT2D eigenvalue weighted by molar-refractivity contribution is 6.15. The Hall–Kier alpha value is -2.67. The molecular formula is C17H17N3O4. The summed E-state index contributed by atoms with van der Waals surface area (Å²) in [7, 11) is 0. The highest BCUT2D eigenvalue weighted by Crippen LogP contribution is 2.25. The number of imide groups is 1. The molecule has 7 heteroatoms. The molecule has 0 radical (unpaired) electrons. The normalized spacial score (nSPS) is 19.2. The number of hydrogen-bond donors (Lipinski definition) is 1. The van der Waals surface area contributed by atoms with Crippen molar-refractivity contribution in [1.82, 2.24) is 15.1 Å². The summed E-state index contributed by atoms with van der Waals surface area (Å²) in [4.78, 5) is 25.9. The van der Waals surface area contributed by atoms with Gasteiger partial charge in [0.25, 0.3) is 11.8 Å². The molecule has 0 aliphatic carbocycles. The Labute approximate surface area is 138 Å². The zero-order chi connectivity index (χ0) is 16.5. The molecule has 4 rings (SSSR count). The second-order valence-corrected chi connectivity index (χ2v) is 6.04. The third kappa shape index (κ3) is 2.78. The topological polar surface area (TPSA) is 84.5 Å². The maximum atomic E-state index is 12.5. The van der Waals surface area contributed by atoms with Gasteiger partial charge in [-0.05, 0) is 30.9 Å². The number of carbonyl (C=O) groups is 2. The Kier molecular flexibility index (Phi) is 3.78. The largest absolute Gasteiger partial charge is 0.451 e. The lowest BCUT2D eigenvalue weighted by atomic mass is 10.00. The van der Waals surface area contributed by atoms with E-state index in [-0.39, 0.29) is 17.6 Å². The quantitative estimate of drug-likeness (QED) is 0.863. The van der Waals surface area contributed by atoms with Crippen LogP contribution >= 0.6 is 0 Å². The number of ether oxygens (including phenoxy) is 2. The van der Waals surface area contributed by atoms with Crippen LogP contribution in [0, 0.1) is 5.92 Å². The lowest BCUT2D eigenvalue weighted by Crippen LogP contribution is -2.37. The first-order valence-electron chi connectivity index (χ1n) is 7.97. The van der Waals surface area contributed by atoms with E-state index in [0.29, 0.717) is 31.4 Å². The van der Waals surface area contributed by atoms with Crippen LogP contribution in [0.15, 0.2) is 36.2 Å². The van der Waals surface area contributed by atoms with Crippen LogP contribution in [-0.4, -0.2) is 46.7 Å². The van der Waals surface area contributed by atoms with E-state index >= 15 is 0 Å². The van der Waals surface area contributed by atoms with Crippen LogP contribution in [-0.2, 0) is 14.3 Å². The zero-order valence-electron chi connectivity index (χ0n) is 13.0. The number of hydrogen-bond acceptors (Lipinski definition) is 5. The maximum absolute atomic E-state index is 12.5. The van der Waals surface area contributed by atoms with Gasteiger partial charge in [0, 0.05) is 31.2 Å². The average molecular weight is 327 g/mol. The molecule has 1 fully saturated rings. The summed E-state index contributed by atoms with van der Waals surface area (Å²) in [6, 6.07) is 5.34. The number of carbonyl (C=O) groups excluding carboxylic acids is 2. The summed E-state index contributed by atoms with van der Waals surface area (Å²) in [5, 5.41) is 7.74. The van der Waals surface area contributed by atoms with Crippen molar-refractivity contribution in [2.45, 2.75) is 12.8 Å². The smallest absolute Gasteiger partial charge is 0.296 e. The van der Waals surface area contributed by atoms with E-state index in [4.69, 9.17) is 9.47 Å². The zero-order valence-corrected chi connectivity index (χ0v) is 13.0. The first kappa shape index (κ1) is 14.9. The van der Waals surface area contributed by atoms with Gasteiger partial charge in [0.05, 0.1) is 17.8 Å². The van der Waals surface area contributed by atoms with E-state index < -0.39 is 0 Å². The minimum Gasteiger partial charge on any atom is -0.451 e. The van der Waals surface area contributed by atoms with E-state index in [1.807, 2.05) is 6.07 Å². The SMILES string of the molecule is O=C1C=C(Oc2ccc3cn[nH]c3c2)C(=O)N1CC1CCOCC1. The third-order valence-corrected chi connectivity index (χ3v) is 4.40. The molecule has 7 nitrogen and oxygen atoms in total. The molecule has 1 aromatic heterocycles. The molecule has 2 aromatic rings. The van der Waals surface area contributed by atoms with E-state index in [1.165, 1.54) is 11.0 Å². The number of benzene rings is 1. The number of nitrogens with one attached hydrogen (secondary N) is 1. The summed E-state index contributed by atoms with van der Waals surface area (Å²) in [5.41, 5.74) is 0.809. The second kappa shape index (κ2) is 6.09. The molecule has 3 heterocycles. The number of rotatable bonds is 4. The molecule has 2 aliphatic heterocycles. The monoisotopic (exact) mass is 327 g/mol. The Morgan fingerprint density at radius 2 is 2.12 bits per heavy atom. The molecule has 1 N–H and O–H groups in total. The predicted molar refractivity (Wildman–Crippen MR) is 85.1 cm³/mol. The Balaban J connectivity index is 1.46. The highest BCUT2D eigenvalue weighted by atomic mass is 16.5. The molecule has 24 heavy (non-hydrogen) atoms. The summed E-state index contributed by atoms with van der Waals surface area (Å²) < 4.78 is 10.9. The molecule has 0 atom stereocenters. The van der Waals surface area contributed by atoms with Gasteiger partial charge in [-0.25, -0.2) is 0 Å². The molecule has 1 saturated heterocycles. The van der Waals surface area contributed by atoms with Crippen LogP contribution in [0.2, 0.25) is 0 Å². The molecule has 0 unspecified atom stereocenters. The van der Waals surface area contributed by atoms with Crippen molar-refractivity contribution in [3.8, 4) is 5.75 Å². The number of aromatic nitrogens is 2. The summed E-state index contributed by atoms with van der Waals surface area (Å²) in [6.07, 6.45) is 4.70. The number of H-pyrrole nitrogens is 1. The fourth-order valence-electron chi connectivity index (χ4n) is 3.02. The van der Waals surface area contributed by atoms with Gasteiger partial charge in [-0.15, -0.1) is 0 Å². The van der Waals surface area contributed by atoms with Gasteiger partial charge in [0.2, 0.25) is 0 Å². The van der Waals surface area contributed by atoms with E-state index in [2.05, 4.69) is 10.2 Å². The highest BCUT2D eigenvalue weighted by Gasteiger charge is 2.34. The number of fused-ring (bicyclic) bond motifs is 1. The van der Waals surface area contributed by atoms with E-state index in [0.717, 1.165) is 23.7 Å². The fraction of sp³-hybridized carbons (Fsp3) is 0.353. The number of nitrogens with zero attached hydrogens (tertiary/aromatic N) is 2. The summed E-state index contributed by atoms with van der Waals surface area (Å²) in [5.74, 6) is 0.152. The van der Waals surface area contributed by atoms with Crippen LogP contribution in [0.25, 0.3) is 10.9 Å². The maximum Gasteiger partial charge on any atom is 0.296 e. The van der Waals surface area contributed by atoms with Gasteiger partial charge in [0.1, 0.15) is 5.75 Å². The first-order chi connectivity index (χ1) is 11.7. The molecule has 0 spiro atoms. The Bertz CT molecular complexity index is 820. The second-order valence-electron chi connectivity index (χ2n) is 6.04. The van der Waals surface area contributed by atoms with Crippen molar-refractivity contribution in [2.24, 2.45) is 5.92 Å². The predicted octanol–water partition coefficient (Wildman–Crippen LogP) is 1.62. The van der Waals surface area contributed by atoms with Crippen molar-refractivity contribution < 1.29 is 19.1 Å². The molecule has 0 bridgehead atoms. The molecule has 1 aromatic carbocycles. The van der Waals surface area contributed by atoms with Gasteiger partial charge in [-0.3, -0.25) is 19.6 Å². The summed E-state index contributed by atoms with van der Waals surface area (Å²) in [6.45, 7) is 1.79. The fourth-order valence-corrected chi connectivity index (χ4v) is 3.02. The van der Waals surface area contributed by atoms with Crippen molar-refractivity contribution in [3.05, 3.63) is 36.2 Å². The minimum absolute atomic E-state index is 0.0610. The van der Waals surface area contributed by atoms with Crippen LogP contribution in [0.1, 0.15) is 12.8 Å². The third-order valence-electron chi connectivity index (χ3n) is 4.40. The van der Waals surface area contributed by atoms with Crippen LogP contribution in [0.3, 0.4) is 0 Å². The van der Waals surface area contributed by atoms with E-state index in [1.54, 1.807) is 18.3 Å². The van der Waals surface area contributed by atoms with Crippen LogP contribution < -0.4 is 4.74 Å². The van der Waals surface area contributed by atoms with Crippen LogP contribution in [0.5, 0.6) is 5.75 Å². The van der Waals surface area contributed by atoms with Gasteiger partial charge in [-0.2, -0.15) is 5.10 Å².